The molecule has 2 atom stereocenters. The van der Waals surface area contributed by atoms with Crippen molar-refractivity contribution in [2.45, 2.75) is 57.2 Å². The summed E-state index contributed by atoms with van der Waals surface area (Å²) in [6, 6.07) is 8.63. The normalized spacial score (nSPS) is 22.7. The van der Waals surface area contributed by atoms with Crippen LogP contribution in [0.15, 0.2) is 35.4 Å². The average molecular weight is 395 g/mol. The van der Waals surface area contributed by atoms with E-state index in [1.807, 2.05) is 30.3 Å². The van der Waals surface area contributed by atoms with Gasteiger partial charge in [0.15, 0.2) is 0 Å². The number of hydrazone groups is 1. The molecule has 2 aliphatic rings. The SMILES string of the molecule is O=C(CCC(=O)N1CCC(c2ccccc2)=N1)NC1CCCCC1C(F)(F)F. The predicted octanol–water partition coefficient (Wildman–Crippen LogP) is 3.64. The number of amides is 2. The molecule has 1 aliphatic heterocycles. The number of carbonyl (C=O) groups is 2. The van der Waals surface area contributed by atoms with Gasteiger partial charge in [0.2, 0.25) is 11.8 Å². The molecule has 5 nitrogen and oxygen atoms in total. The molecule has 1 aromatic carbocycles. The number of halogens is 3. The number of nitrogens with one attached hydrogen (secondary N) is 1. The van der Waals surface area contributed by atoms with Crippen LogP contribution in [0.1, 0.15) is 50.5 Å². The van der Waals surface area contributed by atoms with E-state index >= 15 is 0 Å². The molecule has 0 saturated heterocycles. The lowest BCUT2D eigenvalue weighted by Gasteiger charge is -2.33. The first kappa shape index (κ1) is 20.4. The molecule has 1 saturated carbocycles. The van der Waals surface area contributed by atoms with Gasteiger partial charge in [0.25, 0.3) is 0 Å². The molecular formula is C20H24F3N3O2. The van der Waals surface area contributed by atoms with Gasteiger partial charge in [0, 0.05) is 25.3 Å². The van der Waals surface area contributed by atoms with E-state index in [-0.39, 0.29) is 25.2 Å². The topological polar surface area (TPSA) is 61.8 Å². The number of benzene rings is 1. The van der Waals surface area contributed by atoms with Gasteiger partial charge in [-0.3, -0.25) is 9.59 Å². The van der Waals surface area contributed by atoms with Crippen LogP contribution in [-0.4, -0.2) is 41.3 Å². The van der Waals surface area contributed by atoms with E-state index in [0.29, 0.717) is 32.2 Å². The highest BCUT2D eigenvalue weighted by Gasteiger charge is 2.45. The van der Waals surface area contributed by atoms with Crippen molar-refractivity contribution < 1.29 is 22.8 Å². The molecule has 0 aromatic heterocycles. The first-order valence-corrected chi connectivity index (χ1v) is 9.64. The van der Waals surface area contributed by atoms with E-state index in [2.05, 4.69) is 10.4 Å². The van der Waals surface area contributed by atoms with Gasteiger partial charge in [-0.05, 0) is 18.4 Å². The minimum atomic E-state index is -4.31. The standard InChI is InChI=1S/C20H24F3N3O2/c21-20(22,23)15-8-4-5-9-17(15)24-18(27)10-11-19(28)26-13-12-16(25-26)14-6-2-1-3-7-14/h1-3,6-7,15,17H,4-5,8-13H2,(H,24,27). The first-order chi connectivity index (χ1) is 13.3. The predicted molar refractivity (Wildman–Crippen MR) is 98.5 cm³/mol. The van der Waals surface area contributed by atoms with E-state index in [0.717, 1.165) is 11.3 Å². The van der Waals surface area contributed by atoms with Crippen molar-refractivity contribution in [3.63, 3.8) is 0 Å². The highest BCUT2D eigenvalue weighted by atomic mass is 19.4. The van der Waals surface area contributed by atoms with Crippen molar-refractivity contribution in [1.29, 1.82) is 0 Å². The van der Waals surface area contributed by atoms with Gasteiger partial charge >= 0.3 is 6.18 Å². The zero-order valence-electron chi connectivity index (χ0n) is 15.5. The number of hydrogen-bond acceptors (Lipinski definition) is 3. The van der Waals surface area contributed by atoms with Crippen LogP contribution in [0.4, 0.5) is 13.2 Å². The molecule has 1 aliphatic carbocycles. The van der Waals surface area contributed by atoms with Gasteiger partial charge in [-0.15, -0.1) is 0 Å². The molecule has 1 heterocycles. The zero-order valence-corrected chi connectivity index (χ0v) is 15.5. The fraction of sp³-hybridized carbons (Fsp3) is 0.550. The van der Waals surface area contributed by atoms with E-state index in [1.54, 1.807) is 0 Å². The van der Waals surface area contributed by atoms with Crippen molar-refractivity contribution in [2.75, 3.05) is 6.54 Å². The Hall–Kier alpha value is -2.38. The minimum absolute atomic E-state index is 0.0398. The Labute approximate surface area is 162 Å². The van der Waals surface area contributed by atoms with Crippen LogP contribution in [0, 0.1) is 5.92 Å². The van der Waals surface area contributed by atoms with Crippen molar-refractivity contribution >= 4 is 17.5 Å². The van der Waals surface area contributed by atoms with E-state index in [9.17, 15) is 22.8 Å². The van der Waals surface area contributed by atoms with Crippen molar-refractivity contribution in [1.82, 2.24) is 10.3 Å². The lowest BCUT2D eigenvalue weighted by Crippen LogP contribution is -2.47. The summed E-state index contributed by atoms with van der Waals surface area (Å²) in [4.78, 5) is 24.4. The van der Waals surface area contributed by atoms with Gasteiger partial charge in [-0.25, -0.2) is 5.01 Å². The molecule has 28 heavy (non-hydrogen) atoms. The highest BCUT2D eigenvalue weighted by Crippen LogP contribution is 2.37. The zero-order chi connectivity index (χ0) is 20.1. The fourth-order valence-corrected chi connectivity index (χ4v) is 3.79. The Morgan fingerprint density at radius 2 is 1.82 bits per heavy atom. The van der Waals surface area contributed by atoms with Crippen LogP contribution in [0.3, 0.4) is 0 Å². The number of alkyl halides is 3. The summed E-state index contributed by atoms with van der Waals surface area (Å²) in [5, 5.41) is 8.15. The number of rotatable bonds is 5. The Kier molecular flexibility index (Phi) is 6.36. The molecule has 0 bridgehead atoms. The van der Waals surface area contributed by atoms with Crippen LogP contribution in [0.2, 0.25) is 0 Å². The summed E-state index contributed by atoms with van der Waals surface area (Å²) in [6.07, 6.45) is -2.33. The largest absolute Gasteiger partial charge is 0.393 e. The molecule has 1 fully saturated rings. The first-order valence-electron chi connectivity index (χ1n) is 9.64. The molecule has 1 N–H and O–H groups in total. The average Bonchev–Trinajstić information content (AvgIpc) is 3.17. The Bertz CT molecular complexity index is 734. The highest BCUT2D eigenvalue weighted by molar-refractivity contribution is 6.02. The fourth-order valence-electron chi connectivity index (χ4n) is 3.79. The van der Waals surface area contributed by atoms with Gasteiger partial charge in [-0.1, -0.05) is 43.2 Å². The number of nitrogens with zero attached hydrogens (tertiary/aromatic N) is 2. The van der Waals surface area contributed by atoms with Crippen LogP contribution < -0.4 is 5.32 Å². The molecular weight excluding hydrogens is 371 g/mol. The Balaban J connectivity index is 1.49. The summed E-state index contributed by atoms with van der Waals surface area (Å²) in [7, 11) is 0. The van der Waals surface area contributed by atoms with Crippen LogP contribution in [-0.2, 0) is 9.59 Å². The lowest BCUT2D eigenvalue weighted by atomic mass is 9.84. The van der Waals surface area contributed by atoms with Gasteiger partial charge in [-0.2, -0.15) is 18.3 Å². The maximum atomic E-state index is 13.1. The van der Waals surface area contributed by atoms with Crippen LogP contribution >= 0.6 is 0 Å². The maximum Gasteiger partial charge on any atom is 0.393 e. The van der Waals surface area contributed by atoms with Gasteiger partial charge in [0.05, 0.1) is 18.2 Å². The van der Waals surface area contributed by atoms with Crippen molar-refractivity contribution in [3.05, 3.63) is 35.9 Å². The van der Waals surface area contributed by atoms with E-state index in [1.165, 1.54) is 5.01 Å². The molecule has 8 heteroatoms. The number of hydrogen-bond donors (Lipinski definition) is 1. The molecule has 1 aromatic rings. The number of carbonyl (C=O) groups excluding carboxylic acids is 2. The molecule has 152 valence electrons. The smallest absolute Gasteiger partial charge is 0.353 e. The summed E-state index contributed by atoms with van der Waals surface area (Å²) in [5.41, 5.74) is 1.76. The van der Waals surface area contributed by atoms with Crippen LogP contribution in [0.25, 0.3) is 0 Å². The van der Waals surface area contributed by atoms with E-state index in [4.69, 9.17) is 0 Å². The molecule has 2 unspecified atom stereocenters. The molecule has 3 rings (SSSR count). The Morgan fingerprint density at radius 1 is 1.11 bits per heavy atom. The second kappa shape index (κ2) is 8.75. The van der Waals surface area contributed by atoms with Gasteiger partial charge in [0.1, 0.15) is 0 Å². The third-order valence-electron chi connectivity index (χ3n) is 5.30. The Morgan fingerprint density at radius 3 is 2.54 bits per heavy atom. The summed E-state index contributed by atoms with van der Waals surface area (Å²) in [6.45, 7) is 0.448. The maximum absolute atomic E-state index is 13.1. The third-order valence-corrected chi connectivity index (χ3v) is 5.30. The van der Waals surface area contributed by atoms with Crippen LogP contribution in [0.5, 0.6) is 0 Å². The van der Waals surface area contributed by atoms with Crippen molar-refractivity contribution in [2.24, 2.45) is 11.0 Å². The summed E-state index contributed by atoms with van der Waals surface area (Å²) in [5.74, 6) is -2.31. The molecule has 0 spiro atoms. The second-order valence-corrected chi connectivity index (χ2v) is 7.29. The monoisotopic (exact) mass is 395 g/mol. The molecule has 2 amide bonds. The molecule has 0 radical (unpaired) electrons. The summed E-state index contributed by atoms with van der Waals surface area (Å²) >= 11 is 0. The van der Waals surface area contributed by atoms with Gasteiger partial charge < -0.3 is 5.32 Å². The lowest BCUT2D eigenvalue weighted by molar-refractivity contribution is -0.189. The second-order valence-electron chi connectivity index (χ2n) is 7.29. The minimum Gasteiger partial charge on any atom is -0.353 e. The van der Waals surface area contributed by atoms with E-state index < -0.39 is 24.0 Å². The quantitative estimate of drug-likeness (QED) is 0.827. The summed E-state index contributed by atoms with van der Waals surface area (Å²) < 4.78 is 39.3. The third kappa shape index (κ3) is 5.11. The van der Waals surface area contributed by atoms with Crippen molar-refractivity contribution in [3.8, 4) is 0 Å².